The molecule has 22 heavy (non-hydrogen) atoms. The van der Waals surface area contributed by atoms with E-state index < -0.39 is 0 Å². The molecule has 0 aliphatic heterocycles. The van der Waals surface area contributed by atoms with E-state index in [1.165, 1.54) is 6.07 Å². The molecule has 0 atom stereocenters. The highest BCUT2D eigenvalue weighted by atomic mass is 19.1. The fourth-order valence-electron chi connectivity index (χ4n) is 2.18. The molecule has 0 spiro atoms. The SMILES string of the molecule is COc1cc(CNCc2ccc(F)c(CO)c2)cc(OC)c1. The number of halogens is 1. The van der Waals surface area contributed by atoms with E-state index in [9.17, 15) is 4.39 Å². The van der Waals surface area contributed by atoms with Crippen LogP contribution in [0, 0.1) is 5.82 Å². The molecule has 0 radical (unpaired) electrons. The van der Waals surface area contributed by atoms with Crippen LogP contribution in [0.3, 0.4) is 0 Å². The molecule has 118 valence electrons. The van der Waals surface area contributed by atoms with E-state index in [-0.39, 0.29) is 12.4 Å². The van der Waals surface area contributed by atoms with Crippen molar-refractivity contribution in [3.8, 4) is 11.5 Å². The van der Waals surface area contributed by atoms with E-state index in [0.717, 1.165) is 22.6 Å². The number of aliphatic hydroxyl groups excluding tert-OH is 1. The maximum Gasteiger partial charge on any atom is 0.128 e. The van der Waals surface area contributed by atoms with Gasteiger partial charge in [-0.3, -0.25) is 0 Å². The molecule has 0 amide bonds. The van der Waals surface area contributed by atoms with Gasteiger partial charge in [0, 0.05) is 24.7 Å². The Bertz CT molecular complexity index is 609. The fraction of sp³-hybridized carbons (Fsp3) is 0.294. The summed E-state index contributed by atoms with van der Waals surface area (Å²) in [5.74, 6) is 1.09. The Morgan fingerprint density at radius 1 is 0.955 bits per heavy atom. The Hall–Kier alpha value is -2.11. The first kappa shape index (κ1) is 16.3. The minimum absolute atomic E-state index is 0.299. The largest absolute Gasteiger partial charge is 0.497 e. The standard InChI is InChI=1S/C17H20FNO3/c1-21-15-6-13(7-16(8-15)22-2)10-19-9-12-3-4-17(18)14(5-12)11-20/h3-8,19-20H,9-11H2,1-2H3. The van der Waals surface area contributed by atoms with Crippen LogP contribution in [-0.2, 0) is 19.7 Å². The average Bonchev–Trinajstić information content (AvgIpc) is 2.56. The number of benzene rings is 2. The van der Waals surface area contributed by atoms with Crippen LogP contribution in [-0.4, -0.2) is 19.3 Å². The van der Waals surface area contributed by atoms with Gasteiger partial charge in [0.1, 0.15) is 17.3 Å². The van der Waals surface area contributed by atoms with E-state index in [0.29, 0.717) is 18.7 Å². The molecule has 0 saturated carbocycles. The van der Waals surface area contributed by atoms with E-state index in [1.54, 1.807) is 26.4 Å². The molecular weight excluding hydrogens is 285 g/mol. The van der Waals surface area contributed by atoms with Crippen molar-refractivity contribution in [1.29, 1.82) is 0 Å². The fourth-order valence-corrected chi connectivity index (χ4v) is 2.18. The van der Waals surface area contributed by atoms with Crippen LogP contribution in [0.5, 0.6) is 11.5 Å². The number of ether oxygens (including phenoxy) is 2. The first-order valence-electron chi connectivity index (χ1n) is 6.97. The highest BCUT2D eigenvalue weighted by Gasteiger charge is 2.04. The summed E-state index contributed by atoms with van der Waals surface area (Å²) in [6.45, 7) is 0.902. The Balaban J connectivity index is 1.99. The topological polar surface area (TPSA) is 50.7 Å². The summed E-state index contributed by atoms with van der Waals surface area (Å²) in [6, 6.07) is 10.4. The van der Waals surface area contributed by atoms with Crippen molar-refractivity contribution in [1.82, 2.24) is 5.32 Å². The summed E-state index contributed by atoms with van der Waals surface area (Å²) in [6.07, 6.45) is 0. The van der Waals surface area contributed by atoms with Crippen molar-refractivity contribution in [2.75, 3.05) is 14.2 Å². The summed E-state index contributed by atoms with van der Waals surface area (Å²) < 4.78 is 23.8. The Morgan fingerprint density at radius 2 is 1.59 bits per heavy atom. The molecule has 5 heteroatoms. The second-order valence-corrected chi connectivity index (χ2v) is 4.91. The van der Waals surface area contributed by atoms with Crippen molar-refractivity contribution in [2.24, 2.45) is 0 Å². The normalized spacial score (nSPS) is 10.5. The monoisotopic (exact) mass is 305 g/mol. The molecule has 0 heterocycles. The molecular formula is C17H20FNO3. The summed E-state index contributed by atoms with van der Waals surface area (Å²) in [5, 5.41) is 12.3. The second-order valence-electron chi connectivity index (χ2n) is 4.91. The van der Waals surface area contributed by atoms with Gasteiger partial charge in [-0.25, -0.2) is 4.39 Å². The Morgan fingerprint density at radius 3 is 2.18 bits per heavy atom. The smallest absolute Gasteiger partial charge is 0.128 e. The highest BCUT2D eigenvalue weighted by molar-refractivity contribution is 5.38. The van der Waals surface area contributed by atoms with Crippen molar-refractivity contribution < 1.29 is 19.0 Å². The van der Waals surface area contributed by atoms with E-state index >= 15 is 0 Å². The first-order chi connectivity index (χ1) is 10.7. The zero-order valence-corrected chi connectivity index (χ0v) is 12.7. The van der Waals surface area contributed by atoms with Gasteiger partial charge in [-0.2, -0.15) is 0 Å². The molecule has 4 nitrogen and oxygen atoms in total. The van der Waals surface area contributed by atoms with Gasteiger partial charge in [0.15, 0.2) is 0 Å². The summed E-state index contributed by atoms with van der Waals surface area (Å²) in [5.41, 5.74) is 2.25. The molecule has 0 bridgehead atoms. The molecule has 2 N–H and O–H groups in total. The molecule has 2 aromatic rings. The van der Waals surface area contributed by atoms with Crippen molar-refractivity contribution in [3.05, 3.63) is 58.9 Å². The van der Waals surface area contributed by atoms with Gasteiger partial charge in [-0.1, -0.05) is 6.07 Å². The second kappa shape index (κ2) is 7.77. The van der Waals surface area contributed by atoms with Gasteiger partial charge in [-0.15, -0.1) is 0 Å². The first-order valence-corrected chi connectivity index (χ1v) is 6.97. The van der Waals surface area contributed by atoms with Gasteiger partial charge < -0.3 is 19.9 Å². The summed E-state index contributed by atoms with van der Waals surface area (Å²) >= 11 is 0. The molecule has 0 aliphatic carbocycles. The summed E-state index contributed by atoms with van der Waals surface area (Å²) in [7, 11) is 3.22. The van der Waals surface area contributed by atoms with Crippen LogP contribution < -0.4 is 14.8 Å². The van der Waals surface area contributed by atoms with Crippen LogP contribution in [0.15, 0.2) is 36.4 Å². The van der Waals surface area contributed by atoms with Crippen molar-refractivity contribution >= 4 is 0 Å². The minimum atomic E-state index is -0.385. The van der Waals surface area contributed by atoms with Crippen LogP contribution in [0.2, 0.25) is 0 Å². The van der Waals surface area contributed by atoms with Crippen LogP contribution >= 0.6 is 0 Å². The minimum Gasteiger partial charge on any atom is -0.497 e. The number of hydrogen-bond acceptors (Lipinski definition) is 4. The van der Waals surface area contributed by atoms with Crippen LogP contribution in [0.4, 0.5) is 4.39 Å². The number of hydrogen-bond donors (Lipinski definition) is 2. The van der Waals surface area contributed by atoms with Gasteiger partial charge in [-0.05, 0) is 35.4 Å². The van der Waals surface area contributed by atoms with Gasteiger partial charge in [0.25, 0.3) is 0 Å². The zero-order chi connectivity index (χ0) is 15.9. The third-order valence-electron chi connectivity index (χ3n) is 3.35. The molecule has 2 aromatic carbocycles. The lowest BCUT2D eigenvalue weighted by Crippen LogP contribution is -2.13. The summed E-state index contributed by atoms with van der Waals surface area (Å²) in [4.78, 5) is 0. The maximum atomic E-state index is 13.3. The maximum absolute atomic E-state index is 13.3. The van der Waals surface area contributed by atoms with Crippen LogP contribution in [0.25, 0.3) is 0 Å². The van der Waals surface area contributed by atoms with Crippen LogP contribution in [0.1, 0.15) is 16.7 Å². The van der Waals surface area contributed by atoms with Gasteiger partial charge in [0.05, 0.1) is 20.8 Å². The predicted octanol–water partition coefficient (Wildman–Crippen LogP) is 2.63. The molecule has 2 rings (SSSR count). The number of nitrogens with one attached hydrogen (secondary N) is 1. The van der Waals surface area contributed by atoms with Crippen molar-refractivity contribution in [2.45, 2.75) is 19.7 Å². The molecule has 0 unspecified atom stereocenters. The predicted molar refractivity (Wildman–Crippen MR) is 82.4 cm³/mol. The molecule has 0 aromatic heterocycles. The van der Waals surface area contributed by atoms with Crippen molar-refractivity contribution in [3.63, 3.8) is 0 Å². The lowest BCUT2D eigenvalue weighted by atomic mass is 10.1. The zero-order valence-electron chi connectivity index (χ0n) is 12.7. The lowest BCUT2D eigenvalue weighted by molar-refractivity contribution is 0.275. The number of methoxy groups -OCH3 is 2. The number of aliphatic hydroxyl groups is 1. The highest BCUT2D eigenvalue weighted by Crippen LogP contribution is 2.22. The van der Waals surface area contributed by atoms with Gasteiger partial charge in [0.2, 0.25) is 0 Å². The van der Waals surface area contributed by atoms with E-state index in [4.69, 9.17) is 14.6 Å². The lowest BCUT2D eigenvalue weighted by Gasteiger charge is -2.10. The van der Waals surface area contributed by atoms with Gasteiger partial charge >= 0.3 is 0 Å². The van der Waals surface area contributed by atoms with E-state index in [2.05, 4.69) is 5.32 Å². The third-order valence-corrected chi connectivity index (χ3v) is 3.35. The number of rotatable bonds is 7. The molecule has 0 fully saturated rings. The molecule has 0 saturated heterocycles. The molecule has 0 aliphatic rings. The van der Waals surface area contributed by atoms with E-state index in [1.807, 2.05) is 18.2 Å². The third kappa shape index (κ3) is 4.19. The Labute approximate surface area is 129 Å². The quantitative estimate of drug-likeness (QED) is 0.825. The average molecular weight is 305 g/mol. The Kier molecular flexibility index (Phi) is 5.75.